The van der Waals surface area contributed by atoms with Crippen LogP contribution < -0.4 is 0 Å². The summed E-state index contributed by atoms with van der Waals surface area (Å²) in [6, 6.07) is 8.26. The number of esters is 1. The van der Waals surface area contributed by atoms with Crippen molar-refractivity contribution in [1.82, 2.24) is 0 Å². The van der Waals surface area contributed by atoms with Crippen molar-refractivity contribution in [3.05, 3.63) is 35.9 Å². The van der Waals surface area contributed by atoms with Gasteiger partial charge < -0.3 is 47.4 Å². The summed E-state index contributed by atoms with van der Waals surface area (Å²) in [7, 11) is 0. The fourth-order valence-electron chi connectivity index (χ4n) is 2.88. The highest BCUT2D eigenvalue weighted by atomic mass is 79.9. The zero-order valence-corrected chi connectivity index (χ0v) is 25.4. The Balaban J connectivity index is 1.69. The van der Waals surface area contributed by atoms with Gasteiger partial charge in [-0.15, -0.1) is 0 Å². The van der Waals surface area contributed by atoms with E-state index in [-0.39, 0.29) is 13.2 Å². The van der Waals surface area contributed by atoms with Gasteiger partial charge in [0, 0.05) is 10.9 Å². The predicted octanol–water partition coefficient (Wildman–Crippen LogP) is 1.96. The molecular weight excluding hydrogens is 608 g/mol. The first kappa shape index (κ1) is 37.5. The molecule has 236 valence electrons. The van der Waals surface area contributed by atoms with E-state index in [0.717, 1.165) is 5.33 Å². The van der Waals surface area contributed by atoms with Crippen LogP contribution in [0.4, 0.5) is 0 Å². The van der Waals surface area contributed by atoms with Crippen molar-refractivity contribution in [2.45, 2.75) is 0 Å². The molecule has 0 bridgehead atoms. The Morgan fingerprint density at radius 2 is 0.732 bits per heavy atom. The Bertz CT molecular complexity index is 725. The summed E-state index contributed by atoms with van der Waals surface area (Å²) in [4.78, 5) is 23.6. The number of ether oxygens (including phenoxy) is 10. The lowest BCUT2D eigenvalue weighted by Crippen LogP contribution is -2.20. The molecule has 13 heteroatoms. The highest BCUT2D eigenvalue weighted by Crippen LogP contribution is 2.01. The molecule has 1 rings (SSSR count). The topological polar surface area (TPSA) is 126 Å². The van der Waals surface area contributed by atoms with Crippen LogP contribution in [0.2, 0.25) is 0 Å². The number of carbonyl (C=O) groups excluding carboxylic acids is 2. The van der Waals surface area contributed by atoms with Gasteiger partial charge in [-0.1, -0.05) is 46.3 Å². The minimum absolute atomic E-state index is 0.00109. The lowest BCUT2D eigenvalue weighted by molar-refractivity contribution is -0.139. The van der Waals surface area contributed by atoms with Crippen molar-refractivity contribution in [2.24, 2.45) is 0 Å². The summed E-state index contributed by atoms with van der Waals surface area (Å²) in [6.45, 7) is 8.65. The van der Waals surface area contributed by atoms with Crippen LogP contribution in [0.1, 0.15) is 10.4 Å². The molecule has 0 aliphatic heterocycles. The van der Waals surface area contributed by atoms with E-state index >= 15 is 0 Å². The Morgan fingerprint density at radius 1 is 0.439 bits per heavy atom. The van der Waals surface area contributed by atoms with Gasteiger partial charge in [0.05, 0.1) is 119 Å². The lowest BCUT2D eigenvalue weighted by Gasteiger charge is -2.09. The SMILES string of the molecule is O=C(OCCOCCOCCOCCOCCOCCOCCOCCOCCOCCBr)C(=O)c1ccccc1. The van der Waals surface area contributed by atoms with E-state index in [1.54, 1.807) is 30.3 Å². The van der Waals surface area contributed by atoms with Gasteiger partial charge in [0.2, 0.25) is 0 Å². The molecule has 0 aromatic heterocycles. The van der Waals surface area contributed by atoms with Crippen molar-refractivity contribution in [2.75, 3.05) is 131 Å². The van der Waals surface area contributed by atoms with E-state index in [2.05, 4.69) is 15.9 Å². The van der Waals surface area contributed by atoms with E-state index in [1.165, 1.54) is 0 Å². The largest absolute Gasteiger partial charge is 0.457 e. The quantitative estimate of drug-likeness (QED) is 0.0382. The van der Waals surface area contributed by atoms with Crippen molar-refractivity contribution in [3.63, 3.8) is 0 Å². The molecule has 1 aromatic rings. The van der Waals surface area contributed by atoms with Gasteiger partial charge in [0.1, 0.15) is 6.61 Å². The number of ketones is 1. The molecule has 0 aliphatic rings. The normalized spacial score (nSPS) is 11.1. The van der Waals surface area contributed by atoms with Gasteiger partial charge in [0.15, 0.2) is 0 Å². The average molecular weight is 654 g/mol. The van der Waals surface area contributed by atoms with E-state index in [9.17, 15) is 9.59 Å². The highest BCUT2D eigenvalue weighted by Gasteiger charge is 2.17. The summed E-state index contributed by atoms with van der Waals surface area (Å²) >= 11 is 3.29. The third-order valence-electron chi connectivity index (χ3n) is 4.88. The first-order chi connectivity index (χ1) is 20.3. The molecule has 0 atom stereocenters. The Hall–Kier alpha value is -1.52. The molecule has 1 aromatic carbocycles. The maximum atomic E-state index is 11.9. The van der Waals surface area contributed by atoms with E-state index in [4.69, 9.17) is 47.4 Å². The second-order valence-corrected chi connectivity index (χ2v) is 8.82. The zero-order chi connectivity index (χ0) is 29.5. The van der Waals surface area contributed by atoms with Gasteiger partial charge in [-0.2, -0.15) is 0 Å². The highest BCUT2D eigenvalue weighted by molar-refractivity contribution is 9.09. The van der Waals surface area contributed by atoms with Crippen LogP contribution in [0.25, 0.3) is 0 Å². The summed E-state index contributed by atoms with van der Waals surface area (Å²) in [5, 5.41) is 0.830. The number of hydrogen-bond donors (Lipinski definition) is 0. The second-order valence-electron chi connectivity index (χ2n) is 8.03. The lowest BCUT2D eigenvalue weighted by atomic mass is 10.1. The molecule has 0 fully saturated rings. The summed E-state index contributed by atoms with van der Waals surface area (Å²) in [5.41, 5.74) is 0.298. The third kappa shape index (κ3) is 24.8. The molecule has 41 heavy (non-hydrogen) atoms. The van der Waals surface area contributed by atoms with Crippen LogP contribution in [0.15, 0.2) is 30.3 Å². The van der Waals surface area contributed by atoms with Crippen LogP contribution in [-0.2, 0) is 52.2 Å². The van der Waals surface area contributed by atoms with Crippen molar-refractivity contribution in [1.29, 1.82) is 0 Å². The van der Waals surface area contributed by atoms with Gasteiger partial charge in [-0.25, -0.2) is 4.79 Å². The predicted molar refractivity (Wildman–Crippen MR) is 153 cm³/mol. The van der Waals surface area contributed by atoms with E-state index in [0.29, 0.717) is 118 Å². The molecule has 0 unspecified atom stereocenters. The van der Waals surface area contributed by atoms with Gasteiger partial charge >= 0.3 is 5.97 Å². The fraction of sp³-hybridized carbons (Fsp3) is 0.714. The van der Waals surface area contributed by atoms with Crippen LogP contribution in [0, 0.1) is 0 Å². The molecule has 0 amide bonds. The van der Waals surface area contributed by atoms with E-state index < -0.39 is 11.8 Å². The standard InChI is InChI=1S/C28H45BrO12/c29-6-7-32-8-9-33-10-11-34-12-13-35-14-15-36-16-17-37-18-19-38-20-21-39-22-23-40-24-25-41-28(31)27(30)26-4-2-1-3-5-26/h1-5H,6-25H2. The molecule has 0 aliphatic carbocycles. The number of carbonyl (C=O) groups is 2. The minimum Gasteiger partial charge on any atom is -0.457 e. The Labute approximate surface area is 251 Å². The summed E-state index contributed by atoms with van der Waals surface area (Å²) < 4.78 is 53.4. The maximum Gasteiger partial charge on any atom is 0.379 e. The molecule has 12 nitrogen and oxygen atoms in total. The number of alkyl halides is 1. The van der Waals surface area contributed by atoms with E-state index in [1.807, 2.05) is 0 Å². The first-order valence-corrected chi connectivity index (χ1v) is 14.9. The molecule has 0 saturated heterocycles. The third-order valence-corrected chi connectivity index (χ3v) is 5.20. The smallest absolute Gasteiger partial charge is 0.379 e. The maximum absolute atomic E-state index is 11.9. The molecule has 0 heterocycles. The number of benzene rings is 1. The average Bonchev–Trinajstić information content (AvgIpc) is 3.00. The molecule has 0 radical (unpaired) electrons. The van der Waals surface area contributed by atoms with Gasteiger partial charge in [0.25, 0.3) is 5.78 Å². The van der Waals surface area contributed by atoms with Crippen molar-refractivity contribution in [3.8, 4) is 0 Å². The summed E-state index contributed by atoms with van der Waals surface area (Å²) in [5.74, 6) is -1.57. The second kappa shape index (κ2) is 30.0. The number of hydrogen-bond acceptors (Lipinski definition) is 12. The zero-order valence-electron chi connectivity index (χ0n) is 23.8. The molecule has 0 spiro atoms. The molecular formula is C28H45BrO12. The van der Waals surface area contributed by atoms with Crippen LogP contribution in [0.5, 0.6) is 0 Å². The number of Topliss-reactive ketones (excluding diaryl/α,β-unsaturated/α-hetero) is 1. The molecule has 0 saturated carbocycles. The van der Waals surface area contributed by atoms with Crippen molar-refractivity contribution < 1.29 is 57.0 Å². The van der Waals surface area contributed by atoms with Crippen LogP contribution in [0.3, 0.4) is 0 Å². The number of halogens is 1. The fourth-order valence-corrected chi connectivity index (χ4v) is 3.11. The van der Waals surface area contributed by atoms with Crippen LogP contribution >= 0.6 is 15.9 Å². The Morgan fingerprint density at radius 3 is 1.05 bits per heavy atom. The van der Waals surface area contributed by atoms with Crippen LogP contribution in [-0.4, -0.2) is 143 Å². The van der Waals surface area contributed by atoms with Gasteiger partial charge in [-0.05, 0) is 0 Å². The Kier molecular flexibility index (Phi) is 27.4. The summed E-state index contributed by atoms with van der Waals surface area (Å²) in [6.07, 6.45) is 0. The number of rotatable bonds is 31. The van der Waals surface area contributed by atoms with Crippen molar-refractivity contribution >= 4 is 27.7 Å². The minimum atomic E-state index is -0.895. The molecule has 0 N–H and O–H groups in total. The first-order valence-electron chi connectivity index (χ1n) is 13.8. The van der Waals surface area contributed by atoms with Gasteiger partial charge in [-0.3, -0.25) is 4.79 Å². The monoisotopic (exact) mass is 652 g/mol.